The molecule has 1 heterocycles. The van der Waals surface area contributed by atoms with Gasteiger partial charge < -0.3 is 10.4 Å². The molecule has 0 aromatic rings. The van der Waals surface area contributed by atoms with E-state index in [-0.39, 0.29) is 6.04 Å². The van der Waals surface area contributed by atoms with E-state index >= 15 is 0 Å². The molecular formula is C8H17NO2. The minimum Gasteiger partial charge on any atom is -0.480 e. The van der Waals surface area contributed by atoms with Gasteiger partial charge in [-0.05, 0) is 18.9 Å². The minimum absolute atomic E-state index is 0.294. The summed E-state index contributed by atoms with van der Waals surface area (Å²) in [5, 5.41) is 11.4. The van der Waals surface area contributed by atoms with Crippen LogP contribution in [0, 0.1) is 5.92 Å². The van der Waals surface area contributed by atoms with E-state index in [1.165, 1.54) is 0 Å². The molecule has 2 atom stereocenters. The molecule has 0 aromatic carbocycles. The fourth-order valence-electron chi connectivity index (χ4n) is 1.17. The molecule has 1 aliphatic rings. The van der Waals surface area contributed by atoms with Crippen LogP contribution in [0.25, 0.3) is 0 Å². The number of carboxylic acids is 1. The Kier molecular flexibility index (Phi) is 4.86. The Hall–Kier alpha value is -0.570. The highest BCUT2D eigenvalue weighted by Crippen LogP contribution is 2.13. The summed E-state index contributed by atoms with van der Waals surface area (Å²) in [7, 11) is 0. The standard InChI is InChI=1S/C6H11NO2.C2H6/c1-4-2-3-7-5(4)6(8)9;1-2/h4-5,7H,2-3H2,1H3,(H,8,9);1-2H3/t4-,5-;/m0./s1. The average molecular weight is 159 g/mol. The summed E-state index contributed by atoms with van der Waals surface area (Å²) in [6.45, 7) is 6.80. The fourth-order valence-corrected chi connectivity index (χ4v) is 1.17. The van der Waals surface area contributed by atoms with Gasteiger partial charge in [-0.2, -0.15) is 0 Å². The van der Waals surface area contributed by atoms with Gasteiger partial charge in [-0.3, -0.25) is 4.79 Å². The van der Waals surface area contributed by atoms with E-state index in [9.17, 15) is 4.79 Å². The number of carbonyl (C=O) groups is 1. The van der Waals surface area contributed by atoms with Crippen molar-refractivity contribution in [2.24, 2.45) is 5.92 Å². The molecule has 2 N–H and O–H groups in total. The molecule has 0 aromatic heterocycles. The second-order valence-electron chi connectivity index (χ2n) is 2.54. The van der Waals surface area contributed by atoms with Gasteiger partial charge in [-0.1, -0.05) is 20.8 Å². The van der Waals surface area contributed by atoms with Gasteiger partial charge in [0.15, 0.2) is 0 Å². The molecule has 66 valence electrons. The van der Waals surface area contributed by atoms with Gasteiger partial charge in [0, 0.05) is 0 Å². The van der Waals surface area contributed by atoms with Crippen LogP contribution in [-0.2, 0) is 4.79 Å². The summed E-state index contributed by atoms with van der Waals surface area (Å²) in [5.41, 5.74) is 0. The predicted octanol–water partition coefficient (Wildman–Crippen LogP) is 1.10. The van der Waals surface area contributed by atoms with Crippen molar-refractivity contribution in [2.75, 3.05) is 6.54 Å². The first-order valence-electron chi connectivity index (χ1n) is 4.18. The molecule has 0 amide bonds. The van der Waals surface area contributed by atoms with E-state index in [4.69, 9.17) is 5.11 Å². The first kappa shape index (κ1) is 10.4. The fraction of sp³-hybridized carbons (Fsp3) is 0.875. The smallest absolute Gasteiger partial charge is 0.320 e. The molecule has 3 nitrogen and oxygen atoms in total. The van der Waals surface area contributed by atoms with Gasteiger partial charge in [-0.25, -0.2) is 0 Å². The molecule has 1 fully saturated rings. The van der Waals surface area contributed by atoms with Crippen LogP contribution in [0.1, 0.15) is 27.2 Å². The van der Waals surface area contributed by atoms with Gasteiger partial charge in [0.1, 0.15) is 6.04 Å². The summed E-state index contributed by atoms with van der Waals surface area (Å²) >= 11 is 0. The first-order valence-corrected chi connectivity index (χ1v) is 4.18. The van der Waals surface area contributed by atoms with E-state index in [1.807, 2.05) is 20.8 Å². The average Bonchev–Trinajstić information content (AvgIpc) is 2.39. The van der Waals surface area contributed by atoms with Gasteiger partial charge in [0.25, 0.3) is 0 Å². The van der Waals surface area contributed by atoms with Crippen molar-refractivity contribution in [3.8, 4) is 0 Å². The van der Waals surface area contributed by atoms with Crippen molar-refractivity contribution in [2.45, 2.75) is 33.2 Å². The topological polar surface area (TPSA) is 49.3 Å². The molecule has 0 aliphatic carbocycles. The van der Waals surface area contributed by atoms with Crippen molar-refractivity contribution >= 4 is 5.97 Å². The van der Waals surface area contributed by atoms with E-state index < -0.39 is 5.97 Å². The zero-order valence-corrected chi connectivity index (χ0v) is 7.42. The highest BCUT2D eigenvalue weighted by molar-refractivity contribution is 5.74. The molecule has 0 unspecified atom stereocenters. The highest BCUT2D eigenvalue weighted by atomic mass is 16.4. The SMILES string of the molecule is CC.C[C@H]1CCN[C@@H]1C(=O)O. The lowest BCUT2D eigenvalue weighted by molar-refractivity contribution is -0.139. The van der Waals surface area contributed by atoms with Crippen LogP contribution in [0.15, 0.2) is 0 Å². The molecule has 0 spiro atoms. The normalized spacial score (nSPS) is 29.0. The lowest BCUT2D eigenvalue weighted by Crippen LogP contribution is -2.34. The monoisotopic (exact) mass is 159 g/mol. The van der Waals surface area contributed by atoms with Crippen LogP contribution in [-0.4, -0.2) is 23.7 Å². The van der Waals surface area contributed by atoms with E-state index in [0.717, 1.165) is 13.0 Å². The zero-order valence-electron chi connectivity index (χ0n) is 7.42. The number of hydrogen-bond acceptors (Lipinski definition) is 2. The second-order valence-corrected chi connectivity index (χ2v) is 2.54. The Labute approximate surface area is 67.8 Å². The Morgan fingerprint density at radius 3 is 2.27 bits per heavy atom. The summed E-state index contributed by atoms with van der Waals surface area (Å²) in [6, 6.07) is -0.301. The third-order valence-corrected chi connectivity index (χ3v) is 1.80. The summed E-state index contributed by atoms with van der Waals surface area (Å²) < 4.78 is 0. The van der Waals surface area contributed by atoms with Crippen LogP contribution in [0.3, 0.4) is 0 Å². The van der Waals surface area contributed by atoms with Crippen LogP contribution in [0.4, 0.5) is 0 Å². The summed E-state index contributed by atoms with van der Waals surface area (Å²) in [4.78, 5) is 10.3. The first-order chi connectivity index (χ1) is 5.22. The van der Waals surface area contributed by atoms with E-state index in [0.29, 0.717) is 5.92 Å². The Bertz CT molecular complexity index is 125. The zero-order chi connectivity index (χ0) is 8.85. The van der Waals surface area contributed by atoms with Crippen LogP contribution < -0.4 is 5.32 Å². The third kappa shape index (κ3) is 2.89. The molecule has 1 aliphatic heterocycles. The van der Waals surface area contributed by atoms with E-state index in [2.05, 4.69) is 5.32 Å². The number of rotatable bonds is 1. The van der Waals surface area contributed by atoms with Crippen molar-refractivity contribution < 1.29 is 9.90 Å². The molecule has 0 radical (unpaired) electrons. The van der Waals surface area contributed by atoms with Crippen LogP contribution in [0.5, 0.6) is 0 Å². The van der Waals surface area contributed by atoms with E-state index in [1.54, 1.807) is 0 Å². The molecule has 11 heavy (non-hydrogen) atoms. The number of hydrogen-bond donors (Lipinski definition) is 2. The Balaban J connectivity index is 0.000000461. The number of aliphatic carboxylic acids is 1. The summed E-state index contributed by atoms with van der Waals surface area (Å²) in [5.74, 6) is -0.428. The summed E-state index contributed by atoms with van der Waals surface area (Å²) in [6.07, 6.45) is 0.983. The number of nitrogens with one attached hydrogen (secondary N) is 1. The Morgan fingerprint density at radius 2 is 2.09 bits per heavy atom. The maximum absolute atomic E-state index is 10.3. The van der Waals surface area contributed by atoms with Gasteiger partial charge in [-0.15, -0.1) is 0 Å². The van der Waals surface area contributed by atoms with Crippen molar-refractivity contribution in [3.05, 3.63) is 0 Å². The lowest BCUT2D eigenvalue weighted by atomic mass is 10.0. The lowest BCUT2D eigenvalue weighted by Gasteiger charge is -2.07. The predicted molar refractivity (Wildman–Crippen MR) is 44.6 cm³/mol. The third-order valence-electron chi connectivity index (χ3n) is 1.80. The second kappa shape index (κ2) is 5.13. The highest BCUT2D eigenvalue weighted by Gasteiger charge is 2.28. The van der Waals surface area contributed by atoms with Crippen LogP contribution in [0.2, 0.25) is 0 Å². The number of carboxylic acid groups (broad SMARTS) is 1. The maximum atomic E-state index is 10.3. The van der Waals surface area contributed by atoms with Crippen molar-refractivity contribution in [3.63, 3.8) is 0 Å². The van der Waals surface area contributed by atoms with Gasteiger partial charge in [0.05, 0.1) is 0 Å². The largest absolute Gasteiger partial charge is 0.480 e. The Morgan fingerprint density at radius 1 is 1.55 bits per heavy atom. The molecule has 0 bridgehead atoms. The van der Waals surface area contributed by atoms with Crippen molar-refractivity contribution in [1.82, 2.24) is 5.32 Å². The molecule has 1 rings (SSSR count). The molecule has 0 saturated carbocycles. The maximum Gasteiger partial charge on any atom is 0.320 e. The molecule has 1 saturated heterocycles. The molecular weight excluding hydrogens is 142 g/mol. The van der Waals surface area contributed by atoms with Crippen molar-refractivity contribution in [1.29, 1.82) is 0 Å². The van der Waals surface area contributed by atoms with Gasteiger partial charge >= 0.3 is 5.97 Å². The van der Waals surface area contributed by atoms with Gasteiger partial charge in [0.2, 0.25) is 0 Å². The quantitative estimate of drug-likeness (QED) is 0.602. The minimum atomic E-state index is -0.722. The van der Waals surface area contributed by atoms with Crippen LogP contribution >= 0.6 is 0 Å². The molecule has 3 heteroatoms.